The van der Waals surface area contributed by atoms with Gasteiger partial charge in [0.05, 0.1) is 11.8 Å². The third kappa shape index (κ3) is 3.37. The number of anilines is 1. The summed E-state index contributed by atoms with van der Waals surface area (Å²) in [6.07, 6.45) is 6.13. The average Bonchev–Trinajstić information content (AvgIpc) is 2.85. The Hall–Kier alpha value is -2.11. The van der Waals surface area contributed by atoms with Crippen LogP contribution in [0, 0.1) is 6.92 Å². The molecule has 0 aromatic carbocycles. The number of aryl methyl sites for hydroxylation is 2. The summed E-state index contributed by atoms with van der Waals surface area (Å²) < 4.78 is 7.87. The molecule has 6 heteroatoms. The Morgan fingerprint density at radius 1 is 1.41 bits per heavy atom. The molecule has 1 aliphatic rings. The van der Waals surface area contributed by atoms with Crippen molar-refractivity contribution in [2.45, 2.75) is 52.2 Å². The number of aromatic nitrogens is 4. The number of nitrogens with one attached hydrogen (secondary N) is 1. The zero-order valence-corrected chi connectivity index (χ0v) is 13.4. The molecule has 1 atom stereocenters. The van der Waals surface area contributed by atoms with E-state index in [0.29, 0.717) is 11.8 Å². The minimum absolute atomic E-state index is 0.108. The van der Waals surface area contributed by atoms with Crippen molar-refractivity contribution in [1.82, 2.24) is 19.5 Å². The predicted octanol–water partition coefficient (Wildman–Crippen LogP) is 2.76. The number of rotatable bonds is 5. The molecule has 0 saturated heterocycles. The van der Waals surface area contributed by atoms with Crippen molar-refractivity contribution in [3.8, 4) is 5.88 Å². The first-order chi connectivity index (χ1) is 10.6. The van der Waals surface area contributed by atoms with Crippen LogP contribution in [-0.2, 0) is 6.54 Å². The second-order valence-electron chi connectivity index (χ2n) is 6.06. The van der Waals surface area contributed by atoms with E-state index in [0.717, 1.165) is 31.0 Å². The third-order valence-electron chi connectivity index (χ3n) is 3.77. The Labute approximate surface area is 131 Å². The summed E-state index contributed by atoms with van der Waals surface area (Å²) in [6.45, 7) is 7.93. The molecule has 0 aliphatic carbocycles. The van der Waals surface area contributed by atoms with Gasteiger partial charge in [-0.15, -0.1) is 0 Å². The van der Waals surface area contributed by atoms with Gasteiger partial charge in [-0.3, -0.25) is 0 Å². The van der Waals surface area contributed by atoms with E-state index in [4.69, 9.17) is 4.74 Å². The molecule has 3 heterocycles. The maximum Gasteiger partial charge on any atom is 0.218 e. The van der Waals surface area contributed by atoms with Crippen molar-refractivity contribution in [1.29, 1.82) is 0 Å². The van der Waals surface area contributed by atoms with Crippen molar-refractivity contribution in [2.24, 2.45) is 0 Å². The molecule has 118 valence electrons. The minimum atomic E-state index is 0.108. The van der Waals surface area contributed by atoms with Crippen molar-refractivity contribution >= 4 is 5.82 Å². The quantitative estimate of drug-likeness (QED) is 0.920. The van der Waals surface area contributed by atoms with Crippen LogP contribution in [0.5, 0.6) is 5.88 Å². The Morgan fingerprint density at radius 2 is 2.27 bits per heavy atom. The summed E-state index contributed by atoms with van der Waals surface area (Å²) >= 11 is 0. The van der Waals surface area contributed by atoms with Gasteiger partial charge in [0.25, 0.3) is 0 Å². The van der Waals surface area contributed by atoms with Crippen molar-refractivity contribution in [2.75, 3.05) is 11.9 Å². The summed E-state index contributed by atoms with van der Waals surface area (Å²) in [5.74, 6) is 3.01. The van der Waals surface area contributed by atoms with Crippen LogP contribution >= 0.6 is 0 Å². The molecule has 0 amide bonds. The summed E-state index contributed by atoms with van der Waals surface area (Å²) in [6, 6.07) is 1.85. The summed E-state index contributed by atoms with van der Waals surface area (Å²) in [4.78, 5) is 13.1. The second kappa shape index (κ2) is 6.34. The topological polar surface area (TPSA) is 64.9 Å². The van der Waals surface area contributed by atoms with Crippen LogP contribution in [0.4, 0.5) is 5.82 Å². The molecule has 6 nitrogen and oxygen atoms in total. The van der Waals surface area contributed by atoms with Gasteiger partial charge in [-0.1, -0.05) is 0 Å². The lowest BCUT2D eigenvalue weighted by Crippen LogP contribution is -2.22. The van der Waals surface area contributed by atoms with Gasteiger partial charge in [0, 0.05) is 31.3 Å². The molecule has 0 spiro atoms. The van der Waals surface area contributed by atoms with E-state index in [-0.39, 0.29) is 6.10 Å². The van der Waals surface area contributed by atoms with Gasteiger partial charge >= 0.3 is 0 Å². The number of imidazole rings is 1. The molecule has 1 N–H and O–H groups in total. The molecule has 0 saturated carbocycles. The fourth-order valence-corrected chi connectivity index (χ4v) is 2.87. The number of hydrogen-bond acceptors (Lipinski definition) is 5. The zero-order valence-electron chi connectivity index (χ0n) is 13.4. The van der Waals surface area contributed by atoms with Crippen molar-refractivity contribution in [3.63, 3.8) is 0 Å². The van der Waals surface area contributed by atoms with Crippen LogP contribution in [0.3, 0.4) is 0 Å². The number of hydrogen-bond donors (Lipinski definition) is 1. The average molecular weight is 301 g/mol. The van der Waals surface area contributed by atoms with Crippen LogP contribution < -0.4 is 10.1 Å². The zero-order chi connectivity index (χ0) is 15.5. The smallest absolute Gasteiger partial charge is 0.218 e. The summed E-state index contributed by atoms with van der Waals surface area (Å²) in [5.41, 5.74) is 1.09. The van der Waals surface area contributed by atoms with E-state index in [9.17, 15) is 0 Å². The Morgan fingerprint density at radius 3 is 3.09 bits per heavy atom. The SMILES string of the molecule is Cc1cn2c(n1)C(CNc1cc(OC(C)C)ncn1)CCC2. The number of fused-ring (bicyclic) bond motifs is 1. The molecule has 0 fully saturated rings. The van der Waals surface area contributed by atoms with Crippen molar-refractivity contribution < 1.29 is 4.74 Å². The first-order valence-corrected chi connectivity index (χ1v) is 7.88. The largest absolute Gasteiger partial charge is 0.475 e. The maximum absolute atomic E-state index is 5.60. The van der Waals surface area contributed by atoms with Gasteiger partial charge in [-0.25, -0.2) is 15.0 Å². The monoisotopic (exact) mass is 301 g/mol. The highest BCUT2D eigenvalue weighted by Crippen LogP contribution is 2.27. The lowest BCUT2D eigenvalue weighted by atomic mass is 9.99. The van der Waals surface area contributed by atoms with Gasteiger partial charge < -0.3 is 14.6 Å². The Bertz CT molecular complexity index is 637. The second-order valence-corrected chi connectivity index (χ2v) is 6.06. The van der Waals surface area contributed by atoms with Crippen LogP contribution in [0.15, 0.2) is 18.6 Å². The fourth-order valence-electron chi connectivity index (χ4n) is 2.87. The van der Waals surface area contributed by atoms with E-state index in [1.807, 2.05) is 19.9 Å². The first-order valence-electron chi connectivity index (χ1n) is 7.88. The highest BCUT2D eigenvalue weighted by molar-refractivity contribution is 5.37. The lowest BCUT2D eigenvalue weighted by Gasteiger charge is -2.23. The molecule has 1 aliphatic heterocycles. The molecule has 2 aromatic heterocycles. The van der Waals surface area contributed by atoms with Crippen molar-refractivity contribution in [3.05, 3.63) is 30.1 Å². The Balaban J connectivity index is 1.66. The lowest BCUT2D eigenvalue weighted by molar-refractivity contribution is 0.232. The molecule has 1 unspecified atom stereocenters. The van der Waals surface area contributed by atoms with Crippen LogP contribution in [0.1, 0.15) is 44.1 Å². The van der Waals surface area contributed by atoms with Crippen LogP contribution in [0.25, 0.3) is 0 Å². The van der Waals surface area contributed by atoms with E-state index in [1.165, 1.54) is 18.6 Å². The Kier molecular flexibility index (Phi) is 4.27. The molecule has 0 bridgehead atoms. The van der Waals surface area contributed by atoms with Crippen LogP contribution in [-0.4, -0.2) is 32.2 Å². The first kappa shape index (κ1) is 14.8. The maximum atomic E-state index is 5.60. The van der Waals surface area contributed by atoms with Gasteiger partial charge in [0.2, 0.25) is 5.88 Å². The molecule has 22 heavy (non-hydrogen) atoms. The third-order valence-corrected chi connectivity index (χ3v) is 3.77. The predicted molar refractivity (Wildman–Crippen MR) is 85.2 cm³/mol. The highest BCUT2D eigenvalue weighted by Gasteiger charge is 2.22. The summed E-state index contributed by atoms with van der Waals surface area (Å²) in [5, 5.41) is 3.39. The van der Waals surface area contributed by atoms with Gasteiger partial charge in [0.15, 0.2) is 0 Å². The summed E-state index contributed by atoms with van der Waals surface area (Å²) in [7, 11) is 0. The fraction of sp³-hybridized carbons (Fsp3) is 0.562. The van der Waals surface area contributed by atoms with Gasteiger partial charge in [-0.2, -0.15) is 0 Å². The molecular formula is C16H23N5O. The van der Waals surface area contributed by atoms with Gasteiger partial charge in [0.1, 0.15) is 18.0 Å². The van der Waals surface area contributed by atoms with Crippen LogP contribution in [0.2, 0.25) is 0 Å². The minimum Gasteiger partial charge on any atom is -0.475 e. The normalized spacial score (nSPS) is 17.4. The van der Waals surface area contributed by atoms with E-state index in [2.05, 4.69) is 38.0 Å². The number of nitrogens with zero attached hydrogens (tertiary/aromatic N) is 4. The molecule has 0 radical (unpaired) electrons. The highest BCUT2D eigenvalue weighted by atomic mass is 16.5. The van der Waals surface area contributed by atoms with E-state index in [1.54, 1.807) is 0 Å². The molecular weight excluding hydrogens is 278 g/mol. The van der Waals surface area contributed by atoms with E-state index < -0.39 is 0 Å². The van der Waals surface area contributed by atoms with E-state index >= 15 is 0 Å². The number of ether oxygens (including phenoxy) is 1. The van der Waals surface area contributed by atoms with Gasteiger partial charge in [-0.05, 0) is 33.6 Å². The molecule has 3 rings (SSSR count). The standard InChI is InChI=1S/C16H23N5O/c1-11(2)22-15-7-14(18-10-19-15)17-8-13-5-4-6-21-9-12(3)20-16(13)21/h7,9-11,13H,4-6,8H2,1-3H3,(H,17,18,19). The molecule has 2 aromatic rings.